The van der Waals surface area contributed by atoms with Gasteiger partial charge in [-0.25, -0.2) is 19.9 Å². The second-order valence-electron chi connectivity index (χ2n) is 47.2. The second-order valence-corrected chi connectivity index (χ2v) is 51.0. The molecule has 0 atom stereocenters. The molecule has 0 N–H and O–H groups in total. The Hall–Kier alpha value is -12.0. The summed E-state index contributed by atoms with van der Waals surface area (Å²) in [6.07, 6.45) is 11.1. The average Bonchev–Trinajstić information content (AvgIpc) is 1.55. The number of hydrogen-bond acceptors (Lipinski definition) is 8. The molecule has 9 aromatic carbocycles. The maximum absolute atomic E-state index is 5.82. The molecular weight excluding hydrogens is 1910 g/mol. The van der Waals surface area contributed by atoms with Gasteiger partial charge in [0.2, 0.25) is 0 Å². The molecule has 11 aromatic heterocycles. The Labute approximate surface area is 874 Å². The van der Waals surface area contributed by atoms with E-state index in [4.69, 9.17) is 39.9 Å². The van der Waals surface area contributed by atoms with Gasteiger partial charge in [0.25, 0.3) is 0 Å². The van der Waals surface area contributed by atoms with Crippen LogP contribution in [-0.2, 0) is 82.3 Å². The molecule has 16 bridgehead atoms. The Morgan fingerprint density at radius 3 is 0.979 bits per heavy atom. The van der Waals surface area contributed by atoms with Gasteiger partial charge in [-0.05, 0) is 237 Å². The van der Waals surface area contributed by atoms with Crippen molar-refractivity contribution in [3.63, 3.8) is 0 Å². The van der Waals surface area contributed by atoms with Crippen molar-refractivity contribution in [1.29, 1.82) is 0 Å². The molecule has 3 aliphatic heterocycles. The average molecular weight is 2030 g/mol. The Balaban J connectivity index is 0.000000166. The van der Waals surface area contributed by atoms with Gasteiger partial charge in [-0.15, -0.1) is 89.5 Å². The molecule has 14 heteroatoms. The summed E-state index contributed by atoms with van der Waals surface area (Å²) in [4.78, 5) is 47.2. The minimum atomic E-state index is -0.0927. The van der Waals surface area contributed by atoms with E-state index in [2.05, 4.69) is 431 Å². The van der Waals surface area contributed by atoms with E-state index in [1.807, 2.05) is 11.3 Å². The quantitative estimate of drug-likeness (QED) is 0.152. The van der Waals surface area contributed by atoms with E-state index >= 15 is 0 Å². The van der Waals surface area contributed by atoms with Gasteiger partial charge in [0.05, 0.1) is 45.2 Å². The topological polar surface area (TPSA) is 108 Å². The summed E-state index contributed by atoms with van der Waals surface area (Å²) in [7, 11) is 0. The molecule has 14 heterocycles. The SMILES string of the molecule is CC(C)(C)c1cc(-c2c3nc(c(-c4csc5ccccc45)c4ccc([n-]4)c(-c4cc(C(C)(C)C)cc(C(C)(C)C)c4)c4cc5c6csc7cccc(c76)c(c6ccc2[n-]6)c5n4)C=C3)cc(C(C)(C)C)c1.CC(C)(C)c1cc(-c2c3nc4c(c5ccc([n-]5)c(-c5cc(C(C)(C)C)cc(C(C)(C)C)c5)c5nc(c(-c6csc7ccccc67)c6ccc2[n-]6)C=C5)-c2c(sc5ccccc25)C4=C3)cc(C(C)(C)C)c1.[Zn+2].[Zn+2]. The zero-order valence-electron chi connectivity index (χ0n) is 86.0. The van der Waals surface area contributed by atoms with Crippen LogP contribution in [0.4, 0.5) is 0 Å². The molecule has 0 saturated carbocycles. The summed E-state index contributed by atoms with van der Waals surface area (Å²) in [6, 6.07) is 81.6. The third-order valence-electron chi connectivity index (χ3n) is 29.0. The molecule has 1 aliphatic carbocycles. The number of aromatic nitrogens is 8. The summed E-state index contributed by atoms with van der Waals surface area (Å²) in [5, 5.41) is 16.4. The van der Waals surface area contributed by atoms with Crippen molar-refractivity contribution in [3.05, 3.63) is 318 Å². The van der Waals surface area contributed by atoms with Crippen molar-refractivity contribution in [2.24, 2.45) is 0 Å². The summed E-state index contributed by atoms with van der Waals surface area (Å²) >= 11 is 7.18. The maximum Gasteiger partial charge on any atom is 2.00 e. The van der Waals surface area contributed by atoms with Crippen molar-refractivity contribution >= 4 is 198 Å². The van der Waals surface area contributed by atoms with E-state index in [0.29, 0.717) is 0 Å². The molecule has 4 aliphatic rings. The predicted molar refractivity (Wildman–Crippen MR) is 607 cm³/mol. The molecule has 8 nitrogen and oxygen atoms in total. The maximum atomic E-state index is 5.82. The third-order valence-corrected chi connectivity index (χ3v) is 33.1. The van der Waals surface area contributed by atoms with Crippen LogP contribution in [0.15, 0.2) is 235 Å². The third kappa shape index (κ3) is 16.7. The zero-order valence-corrected chi connectivity index (χ0v) is 95.2. The van der Waals surface area contributed by atoms with E-state index < -0.39 is 0 Å². The van der Waals surface area contributed by atoms with Crippen molar-refractivity contribution in [2.75, 3.05) is 0 Å². The Bertz CT molecular complexity index is 8960. The molecule has 0 saturated heterocycles. The van der Waals surface area contributed by atoms with Crippen LogP contribution in [0.1, 0.15) is 250 Å². The van der Waals surface area contributed by atoms with Crippen LogP contribution in [0.3, 0.4) is 0 Å². The van der Waals surface area contributed by atoms with E-state index in [-0.39, 0.29) is 82.3 Å². The van der Waals surface area contributed by atoms with Crippen molar-refractivity contribution < 1.29 is 39.0 Å². The van der Waals surface area contributed by atoms with Crippen LogP contribution in [0.5, 0.6) is 0 Å². The number of benzene rings is 9. The van der Waals surface area contributed by atoms with Gasteiger partial charge in [0, 0.05) is 78.3 Å². The van der Waals surface area contributed by atoms with Gasteiger partial charge < -0.3 is 19.9 Å². The Kier molecular flexibility index (Phi) is 23.3. The molecule has 0 fully saturated rings. The molecule has 0 amide bonds. The van der Waals surface area contributed by atoms with Crippen LogP contribution in [0.2, 0.25) is 0 Å². The largest absolute Gasteiger partial charge is 2.00 e. The molecule has 142 heavy (non-hydrogen) atoms. The van der Waals surface area contributed by atoms with E-state index in [1.165, 1.54) is 106 Å². The molecule has 20 aromatic rings. The van der Waals surface area contributed by atoms with Crippen LogP contribution in [0, 0.1) is 0 Å². The summed E-state index contributed by atoms with van der Waals surface area (Å²) in [5.41, 5.74) is 40.2. The van der Waals surface area contributed by atoms with E-state index in [1.54, 1.807) is 34.0 Å². The normalized spacial score (nSPS) is 13.4. The Morgan fingerprint density at radius 1 is 0.239 bits per heavy atom. The summed E-state index contributed by atoms with van der Waals surface area (Å²) in [6.45, 7) is 55.4. The zero-order chi connectivity index (χ0) is 97.6. The first kappa shape index (κ1) is 96.2. The first-order valence-corrected chi connectivity index (χ1v) is 52.6. The van der Waals surface area contributed by atoms with Crippen LogP contribution in [0.25, 0.3) is 231 Å². The number of fused-ring (bicyclic) bond motifs is 25. The van der Waals surface area contributed by atoms with Gasteiger partial charge in [-0.3, -0.25) is 0 Å². The molecule has 0 unspecified atom stereocenters. The van der Waals surface area contributed by atoms with Gasteiger partial charge in [-0.2, -0.15) is 0 Å². The van der Waals surface area contributed by atoms with Gasteiger partial charge >= 0.3 is 39.0 Å². The first-order valence-electron chi connectivity index (χ1n) is 49.2. The predicted octanol–water partition coefficient (Wildman–Crippen LogP) is 36.3. The summed E-state index contributed by atoms with van der Waals surface area (Å²) < 4.78 is 4.98. The van der Waals surface area contributed by atoms with Crippen LogP contribution < -0.4 is 19.9 Å². The van der Waals surface area contributed by atoms with E-state index in [0.717, 1.165) is 178 Å². The standard InChI is InChI=1S/2C64H58N4S2.2Zn/c1-61(2,3)37-27-35(28-38(31-37)62(4,5)6)54-45-21-24-48(65-45)56(44-34-69-52-19-15-13-17-41(44)52)49-25-22-47(66-49)55(36-29-39(63(7,8)9)32-40(30-36)64(10,11)12)51-33-43-59(68-51)58(50-26-23-46(54)67-50)57-42-18-14-16-20-53(42)70-60(43)57;1-61(2,3)37-26-35(27-38(30-37)62(4,5)6)55-46-20-23-49(65-46)58(44-33-69-53-18-14-13-16-41(44)53)50-24-21-48(66-50)56(36-28-39(63(7,8)9)31-40(29-36)64(10,11)12)52-32-43-45-34-70-54-19-15-17-42(57(45)54)59(60(43)68-52)51-25-22-47(55)67-51;;/h2*13-34H,1-12H3;;/q2*-2;2*+2. The molecule has 24 rings (SSSR count). The van der Waals surface area contributed by atoms with Gasteiger partial charge in [-0.1, -0.05) is 354 Å². The minimum Gasteiger partial charge on any atom is -0.657 e. The fourth-order valence-electron chi connectivity index (χ4n) is 20.8. The molecular formula is C128H116N8S4Zn2. The number of nitrogens with zero attached hydrogens (tertiary/aromatic N) is 8. The van der Waals surface area contributed by atoms with Crippen LogP contribution in [-0.4, -0.2) is 19.9 Å². The molecule has 696 valence electrons. The van der Waals surface area contributed by atoms with E-state index in [9.17, 15) is 0 Å². The van der Waals surface area contributed by atoms with Gasteiger partial charge in [0.1, 0.15) is 0 Å². The van der Waals surface area contributed by atoms with Crippen molar-refractivity contribution in [3.8, 4) is 77.9 Å². The number of hydrogen-bond donors (Lipinski definition) is 0. The number of thiophene rings is 4. The Morgan fingerprint density at radius 2 is 0.563 bits per heavy atom. The number of rotatable bonds is 6. The van der Waals surface area contributed by atoms with Gasteiger partial charge in [0.15, 0.2) is 0 Å². The fraction of sp³-hybridized carbons (Fsp3) is 0.250. The monoisotopic (exact) mass is 2020 g/mol. The second kappa shape index (κ2) is 34.4. The van der Waals surface area contributed by atoms with Crippen molar-refractivity contribution in [2.45, 2.75) is 209 Å². The molecule has 0 radical (unpaired) electrons. The smallest absolute Gasteiger partial charge is 0.657 e. The first-order chi connectivity index (χ1) is 66.4. The fourth-order valence-corrected chi connectivity index (χ4v) is 25.0. The van der Waals surface area contributed by atoms with Crippen LogP contribution >= 0.6 is 45.3 Å². The molecule has 0 spiro atoms. The van der Waals surface area contributed by atoms with Crippen molar-refractivity contribution in [1.82, 2.24) is 39.9 Å². The minimum absolute atomic E-state index is 0. The summed E-state index contributed by atoms with van der Waals surface area (Å²) in [5.74, 6) is 0.